The summed E-state index contributed by atoms with van der Waals surface area (Å²) in [6, 6.07) is 14.9. The molecule has 0 radical (unpaired) electrons. The van der Waals surface area contributed by atoms with Gasteiger partial charge in [0.25, 0.3) is 5.91 Å². The summed E-state index contributed by atoms with van der Waals surface area (Å²) in [5.41, 5.74) is 2.87. The first-order chi connectivity index (χ1) is 9.74. The Hall–Kier alpha value is -2.69. The Morgan fingerprint density at radius 1 is 1.20 bits per heavy atom. The van der Waals surface area contributed by atoms with Crippen LogP contribution in [0.4, 0.5) is 4.39 Å². The number of amides is 1. The summed E-state index contributed by atoms with van der Waals surface area (Å²) in [6.07, 6.45) is 1.36. The molecule has 5 heteroatoms. The van der Waals surface area contributed by atoms with Gasteiger partial charge in [0.2, 0.25) is 0 Å². The molecule has 2 aromatic rings. The van der Waals surface area contributed by atoms with E-state index >= 15 is 0 Å². The van der Waals surface area contributed by atoms with Crippen LogP contribution in [0.3, 0.4) is 0 Å². The summed E-state index contributed by atoms with van der Waals surface area (Å²) >= 11 is 0. The van der Waals surface area contributed by atoms with Gasteiger partial charge in [-0.2, -0.15) is 5.10 Å². The first-order valence-corrected chi connectivity index (χ1v) is 5.99. The second kappa shape index (κ2) is 7.04. The quantitative estimate of drug-likeness (QED) is 0.671. The van der Waals surface area contributed by atoms with Crippen molar-refractivity contribution in [2.75, 3.05) is 6.61 Å². The second-order valence-corrected chi connectivity index (χ2v) is 3.95. The SMILES string of the molecule is O=C(COc1ccccc1)NN=Cc1cccc(F)c1. The lowest BCUT2D eigenvalue weighted by Crippen LogP contribution is -2.24. The number of ether oxygens (including phenoxy) is 1. The van der Waals surface area contributed by atoms with Crippen molar-refractivity contribution in [1.82, 2.24) is 5.43 Å². The second-order valence-electron chi connectivity index (χ2n) is 3.95. The van der Waals surface area contributed by atoms with Crippen molar-refractivity contribution >= 4 is 12.1 Å². The Morgan fingerprint density at radius 3 is 2.75 bits per heavy atom. The predicted octanol–water partition coefficient (Wildman–Crippen LogP) is 2.35. The first-order valence-electron chi connectivity index (χ1n) is 5.99. The maximum Gasteiger partial charge on any atom is 0.277 e. The molecule has 0 unspecified atom stereocenters. The molecule has 0 bridgehead atoms. The maximum atomic E-state index is 12.9. The molecular weight excluding hydrogens is 259 g/mol. The van der Waals surface area contributed by atoms with Crippen LogP contribution in [0.5, 0.6) is 5.75 Å². The monoisotopic (exact) mass is 272 g/mol. The third kappa shape index (κ3) is 4.53. The predicted molar refractivity (Wildman–Crippen MR) is 74.1 cm³/mol. The highest BCUT2D eigenvalue weighted by atomic mass is 19.1. The number of nitrogens with one attached hydrogen (secondary N) is 1. The van der Waals surface area contributed by atoms with Gasteiger partial charge in [0, 0.05) is 0 Å². The Kier molecular flexibility index (Phi) is 4.83. The minimum Gasteiger partial charge on any atom is -0.484 e. The molecule has 0 spiro atoms. The molecule has 20 heavy (non-hydrogen) atoms. The Labute approximate surface area is 115 Å². The third-order valence-electron chi connectivity index (χ3n) is 2.36. The third-order valence-corrected chi connectivity index (χ3v) is 2.36. The van der Waals surface area contributed by atoms with E-state index in [9.17, 15) is 9.18 Å². The molecule has 0 atom stereocenters. The van der Waals surface area contributed by atoms with Crippen molar-refractivity contribution in [3.05, 3.63) is 66.0 Å². The highest BCUT2D eigenvalue weighted by Crippen LogP contribution is 2.07. The summed E-state index contributed by atoms with van der Waals surface area (Å²) in [5, 5.41) is 3.72. The van der Waals surface area contributed by atoms with E-state index in [0.717, 1.165) is 0 Å². The van der Waals surface area contributed by atoms with E-state index < -0.39 is 0 Å². The largest absolute Gasteiger partial charge is 0.484 e. The molecule has 0 saturated heterocycles. The van der Waals surface area contributed by atoms with Crippen molar-refractivity contribution < 1.29 is 13.9 Å². The van der Waals surface area contributed by atoms with E-state index in [0.29, 0.717) is 11.3 Å². The summed E-state index contributed by atoms with van der Waals surface area (Å²) < 4.78 is 18.1. The van der Waals surface area contributed by atoms with Gasteiger partial charge in [-0.1, -0.05) is 30.3 Å². The van der Waals surface area contributed by atoms with E-state index in [4.69, 9.17) is 4.74 Å². The number of halogens is 1. The minimum atomic E-state index is -0.387. The number of benzene rings is 2. The Bertz CT molecular complexity index is 600. The zero-order valence-corrected chi connectivity index (χ0v) is 10.6. The van der Waals surface area contributed by atoms with Gasteiger partial charge in [-0.3, -0.25) is 4.79 Å². The molecule has 4 nitrogen and oxygen atoms in total. The number of nitrogens with zero attached hydrogens (tertiary/aromatic N) is 1. The standard InChI is InChI=1S/C15H13FN2O2/c16-13-6-4-5-12(9-13)10-17-18-15(19)11-20-14-7-2-1-3-8-14/h1-10H,11H2,(H,18,19). The van der Waals surface area contributed by atoms with Crippen LogP contribution in [0.1, 0.15) is 5.56 Å². The molecular formula is C15H13FN2O2. The number of carbonyl (C=O) groups excluding carboxylic acids is 1. The molecule has 0 aromatic heterocycles. The van der Waals surface area contributed by atoms with Crippen LogP contribution in [0.15, 0.2) is 59.7 Å². The summed E-state index contributed by atoms with van der Waals surface area (Å²) in [6.45, 7) is -0.134. The lowest BCUT2D eigenvalue weighted by atomic mass is 10.2. The van der Waals surface area contributed by atoms with Crippen molar-refractivity contribution in [3.8, 4) is 5.75 Å². The summed E-state index contributed by atoms with van der Waals surface area (Å²) in [4.78, 5) is 11.4. The highest BCUT2D eigenvalue weighted by Gasteiger charge is 2.00. The van der Waals surface area contributed by atoms with Gasteiger partial charge >= 0.3 is 0 Å². The van der Waals surface area contributed by atoms with E-state index in [2.05, 4.69) is 10.5 Å². The van der Waals surface area contributed by atoms with E-state index in [-0.39, 0.29) is 18.3 Å². The van der Waals surface area contributed by atoms with Crippen LogP contribution >= 0.6 is 0 Å². The summed E-state index contributed by atoms with van der Waals surface area (Å²) in [7, 11) is 0. The molecule has 0 heterocycles. The van der Waals surface area contributed by atoms with Gasteiger partial charge < -0.3 is 4.74 Å². The number of carbonyl (C=O) groups is 1. The zero-order chi connectivity index (χ0) is 14.2. The lowest BCUT2D eigenvalue weighted by molar-refractivity contribution is -0.123. The van der Waals surface area contributed by atoms with Gasteiger partial charge in [0.15, 0.2) is 6.61 Å². The van der Waals surface area contributed by atoms with Crippen molar-refractivity contribution in [3.63, 3.8) is 0 Å². The van der Waals surface area contributed by atoms with Crippen LogP contribution in [0.2, 0.25) is 0 Å². The topological polar surface area (TPSA) is 50.7 Å². The molecule has 0 aliphatic carbocycles. The molecule has 102 valence electrons. The Balaban J connectivity index is 1.78. The van der Waals surface area contributed by atoms with Gasteiger partial charge in [0.05, 0.1) is 6.21 Å². The fourth-order valence-electron chi connectivity index (χ4n) is 1.46. The van der Waals surface area contributed by atoms with E-state index in [1.165, 1.54) is 18.3 Å². The molecule has 0 saturated carbocycles. The van der Waals surface area contributed by atoms with Crippen LogP contribution in [-0.4, -0.2) is 18.7 Å². The van der Waals surface area contributed by atoms with Crippen LogP contribution in [-0.2, 0) is 4.79 Å². The average Bonchev–Trinajstić information content (AvgIpc) is 2.46. The molecule has 2 aromatic carbocycles. The fraction of sp³-hybridized carbons (Fsp3) is 0.0667. The lowest BCUT2D eigenvalue weighted by Gasteiger charge is -2.04. The smallest absolute Gasteiger partial charge is 0.277 e. The number of hydrogen-bond donors (Lipinski definition) is 1. The van der Waals surface area contributed by atoms with Gasteiger partial charge in [0.1, 0.15) is 11.6 Å². The minimum absolute atomic E-state index is 0.134. The molecule has 1 N–H and O–H groups in total. The number of rotatable bonds is 5. The Morgan fingerprint density at radius 2 is 2.00 bits per heavy atom. The highest BCUT2D eigenvalue weighted by molar-refractivity contribution is 5.82. The molecule has 2 rings (SSSR count). The summed E-state index contributed by atoms with van der Waals surface area (Å²) in [5.74, 6) is -0.133. The molecule has 0 aliphatic rings. The molecule has 1 amide bonds. The van der Waals surface area contributed by atoms with Crippen LogP contribution in [0.25, 0.3) is 0 Å². The van der Waals surface area contributed by atoms with Gasteiger partial charge in [-0.05, 0) is 29.8 Å². The average molecular weight is 272 g/mol. The fourth-order valence-corrected chi connectivity index (χ4v) is 1.46. The number of hydrogen-bond acceptors (Lipinski definition) is 3. The van der Waals surface area contributed by atoms with Gasteiger partial charge in [-0.15, -0.1) is 0 Å². The molecule has 0 aliphatic heterocycles. The van der Waals surface area contributed by atoms with Crippen LogP contribution in [0, 0.1) is 5.82 Å². The van der Waals surface area contributed by atoms with Crippen LogP contribution < -0.4 is 10.2 Å². The van der Waals surface area contributed by atoms with Gasteiger partial charge in [-0.25, -0.2) is 9.82 Å². The molecule has 0 fully saturated rings. The van der Waals surface area contributed by atoms with Crippen molar-refractivity contribution in [2.24, 2.45) is 5.10 Å². The van der Waals surface area contributed by atoms with E-state index in [1.807, 2.05) is 18.2 Å². The number of para-hydroxylation sites is 1. The van der Waals surface area contributed by atoms with Crippen molar-refractivity contribution in [1.29, 1.82) is 0 Å². The normalized spacial score (nSPS) is 10.4. The zero-order valence-electron chi connectivity index (χ0n) is 10.6. The maximum absolute atomic E-state index is 12.9. The first kappa shape index (κ1) is 13.7. The van der Waals surface area contributed by atoms with Crippen molar-refractivity contribution in [2.45, 2.75) is 0 Å². The van der Waals surface area contributed by atoms with E-state index in [1.54, 1.807) is 24.3 Å². The number of hydrazone groups is 1.